The average Bonchev–Trinajstić information content (AvgIpc) is 2.42. The van der Waals surface area contributed by atoms with Crippen LogP contribution in [0.5, 0.6) is 0 Å². The average molecular weight is 329 g/mol. The lowest BCUT2D eigenvalue weighted by molar-refractivity contribution is -0.136. The minimum atomic E-state index is -4.24. The van der Waals surface area contributed by atoms with Crippen LogP contribution in [-0.2, 0) is 14.6 Å². The maximum absolute atomic E-state index is 13.1. The molecule has 0 amide bonds. The van der Waals surface area contributed by atoms with Crippen LogP contribution in [0.4, 0.5) is 4.39 Å². The Kier molecular flexibility index (Phi) is 4.29. The number of carboxylic acid groups (broad SMARTS) is 1. The molecule has 0 aliphatic rings. The number of carboxylic acids is 1. The monoisotopic (exact) mass is 328 g/mol. The fourth-order valence-electron chi connectivity index (χ4n) is 1.87. The van der Waals surface area contributed by atoms with E-state index in [1.54, 1.807) is 18.2 Å². The van der Waals surface area contributed by atoms with Crippen molar-refractivity contribution in [2.24, 2.45) is 0 Å². The van der Waals surface area contributed by atoms with Gasteiger partial charge in [-0.15, -0.1) is 0 Å². The molecule has 4 nitrogen and oxygen atoms in total. The van der Waals surface area contributed by atoms with Crippen molar-refractivity contribution in [3.8, 4) is 0 Å². The number of sulfone groups is 1. The minimum absolute atomic E-state index is 0.116. The van der Waals surface area contributed by atoms with Gasteiger partial charge in [-0.1, -0.05) is 41.9 Å². The van der Waals surface area contributed by atoms with Crippen LogP contribution in [0.1, 0.15) is 10.8 Å². The van der Waals surface area contributed by atoms with Crippen LogP contribution in [0.15, 0.2) is 53.4 Å². The molecule has 1 unspecified atom stereocenters. The molecule has 2 rings (SSSR count). The van der Waals surface area contributed by atoms with Gasteiger partial charge < -0.3 is 5.11 Å². The smallest absolute Gasteiger partial charge is 0.326 e. The van der Waals surface area contributed by atoms with E-state index in [4.69, 9.17) is 11.6 Å². The summed E-state index contributed by atoms with van der Waals surface area (Å²) in [6, 6.07) is 10.3. The third-order valence-corrected chi connectivity index (χ3v) is 5.15. The lowest BCUT2D eigenvalue weighted by Crippen LogP contribution is -2.22. The maximum atomic E-state index is 13.1. The molecular weight excluding hydrogens is 319 g/mol. The van der Waals surface area contributed by atoms with Gasteiger partial charge in [0.1, 0.15) is 5.82 Å². The summed E-state index contributed by atoms with van der Waals surface area (Å²) in [7, 11) is -4.24. The van der Waals surface area contributed by atoms with Gasteiger partial charge in [-0.2, -0.15) is 0 Å². The molecule has 0 aromatic heterocycles. The number of hydrogen-bond donors (Lipinski definition) is 1. The zero-order valence-corrected chi connectivity index (χ0v) is 12.1. The van der Waals surface area contributed by atoms with E-state index in [-0.39, 0.29) is 15.5 Å². The molecule has 1 atom stereocenters. The minimum Gasteiger partial charge on any atom is -0.480 e. The summed E-state index contributed by atoms with van der Waals surface area (Å²) in [5.41, 5.74) is 0.116. The molecule has 21 heavy (non-hydrogen) atoms. The van der Waals surface area contributed by atoms with Crippen LogP contribution in [0.3, 0.4) is 0 Å². The zero-order chi connectivity index (χ0) is 15.6. The Morgan fingerprint density at radius 1 is 1.14 bits per heavy atom. The third kappa shape index (κ3) is 3.06. The topological polar surface area (TPSA) is 71.4 Å². The molecule has 0 bridgehead atoms. The fraction of sp³-hybridized carbons (Fsp3) is 0.0714. The number of halogens is 2. The SMILES string of the molecule is O=C(O)C(c1ccccc1)S(=O)(=O)c1ccc(F)c(Cl)c1. The summed E-state index contributed by atoms with van der Waals surface area (Å²) >= 11 is 5.56. The first-order valence-corrected chi connectivity index (χ1v) is 7.73. The van der Waals surface area contributed by atoms with Crippen LogP contribution in [-0.4, -0.2) is 19.5 Å². The highest BCUT2D eigenvalue weighted by atomic mass is 35.5. The summed E-state index contributed by atoms with van der Waals surface area (Å²) in [6.07, 6.45) is 0. The summed E-state index contributed by atoms with van der Waals surface area (Å²) < 4.78 is 38.1. The summed E-state index contributed by atoms with van der Waals surface area (Å²) in [5.74, 6) is -2.29. The molecule has 0 saturated carbocycles. The Morgan fingerprint density at radius 3 is 2.29 bits per heavy atom. The molecule has 2 aromatic carbocycles. The molecule has 0 fully saturated rings. The van der Waals surface area contributed by atoms with Gasteiger partial charge >= 0.3 is 5.97 Å². The van der Waals surface area contributed by atoms with E-state index in [0.29, 0.717) is 0 Å². The Hall–Kier alpha value is -1.92. The highest BCUT2D eigenvalue weighted by molar-refractivity contribution is 7.92. The zero-order valence-electron chi connectivity index (χ0n) is 10.5. The second-order valence-electron chi connectivity index (χ2n) is 4.25. The van der Waals surface area contributed by atoms with Gasteiger partial charge in [0.05, 0.1) is 9.92 Å². The predicted octanol–water partition coefficient (Wildman–Crippen LogP) is 3.08. The van der Waals surface area contributed by atoms with Gasteiger partial charge in [-0.25, -0.2) is 12.8 Å². The highest BCUT2D eigenvalue weighted by Crippen LogP contribution is 2.31. The van der Waals surface area contributed by atoms with Crippen molar-refractivity contribution >= 4 is 27.4 Å². The standard InChI is InChI=1S/C14H10ClFO4S/c15-11-8-10(6-7-12(11)16)21(19,20)13(14(17)18)9-4-2-1-3-5-9/h1-8,13H,(H,17,18). The molecule has 110 valence electrons. The summed E-state index contributed by atoms with van der Waals surface area (Å²) in [6.45, 7) is 0. The first kappa shape index (κ1) is 15.5. The van der Waals surface area contributed by atoms with Crippen LogP contribution in [0.25, 0.3) is 0 Å². The quantitative estimate of drug-likeness (QED) is 0.875. The van der Waals surface area contributed by atoms with Crippen molar-refractivity contribution in [2.75, 3.05) is 0 Å². The maximum Gasteiger partial charge on any atom is 0.326 e. The van der Waals surface area contributed by atoms with Gasteiger partial charge in [0.25, 0.3) is 0 Å². The number of hydrogen-bond acceptors (Lipinski definition) is 3. The molecule has 2 aromatic rings. The van der Waals surface area contributed by atoms with Crippen LogP contribution < -0.4 is 0 Å². The van der Waals surface area contributed by atoms with E-state index in [1.165, 1.54) is 12.1 Å². The van der Waals surface area contributed by atoms with Gasteiger partial charge in [0.15, 0.2) is 15.1 Å². The lowest BCUT2D eigenvalue weighted by atomic mass is 10.1. The molecule has 0 aliphatic heterocycles. The fourth-order valence-corrected chi connectivity index (χ4v) is 3.71. The predicted molar refractivity (Wildman–Crippen MR) is 75.4 cm³/mol. The highest BCUT2D eigenvalue weighted by Gasteiger charge is 2.35. The van der Waals surface area contributed by atoms with Crippen molar-refractivity contribution in [3.05, 3.63) is 64.9 Å². The van der Waals surface area contributed by atoms with E-state index >= 15 is 0 Å². The van der Waals surface area contributed by atoms with Crippen LogP contribution in [0, 0.1) is 5.82 Å². The van der Waals surface area contributed by atoms with Crippen molar-refractivity contribution in [2.45, 2.75) is 10.1 Å². The largest absolute Gasteiger partial charge is 0.480 e. The van der Waals surface area contributed by atoms with Gasteiger partial charge in [0.2, 0.25) is 0 Å². The molecule has 7 heteroatoms. The Morgan fingerprint density at radius 2 is 1.76 bits per heavy atom. The summed E-state index contributed by atoms with van der Waals surface area (Å²) in [5, 5.41) is 7.10. The molecular formula is C14H10ClFO4S. The Balaban J connectivity index is 2.58. The van der Waals surface area contributed by atoms with E-state index in [2.05, 4.69) is 0 Å². The first-order chi connectivity index (χ1) is 9.84. The van der Waals surface area contributed by atoms with Crippen molar-refractivity contribution in [1.29, 1.82) is 0 Å². The van der Waals surface area contributed by atoms with Crippen LogP contribution >= 0.6 is 11.6 Å². The molecule has 0 spiro atoms. The number of aliphatic carboxylic acids is 1. The molecule has 1 N–H and O–H groups in total. The van der Waals surface area contributed by atoms with E-state index in [1.807, 2.05) is 0 Å². The van der Waals surface area contributed by atoms with E-state index in [9.17, 15) is 22.7 Å². The molecule has 0 saturated heterocycles. The van der Waals surface area contributed by atoms with E-state index in [0.717, 1.165) is 18.2 Å². The molecule has 0 heterocycles. The van der Waals surface area contributed by atoms with E-state index < -0.39 is 26.9 Å². The Bertz CT molecular complexity index is 775. The normalized spacial score (nSPS) is 12.9. The van der Waals surface area contributed by atoms with Crippen LogP contribution in [0.2, 0.25) is 5.02 Å². The first-order valence-electron chi connectivity index (χ1n) is 5.80. The number of rotatable bonds is 4. The van der Waals surface area contributed by atoms with Crippen molar-refractivity contribution in [1.82, 2.24) is 0 Å². The lowest BCUT2D eigenvalue weighted by Gasteiger charge is -2.14. The third-order valence-electron chi connectivity index (χ3n) is 2.86. The van der Waals surface area contributed by atoms with Gasteiger partial charge in [-0.05, 0) is 23.8 Å². The second kappa shape index (κ2) is 5.83. The second-order valence-corrected chi connectivity index (χ2v) is 6.69. The molecule has 0 aliphatic carbocycles. The number of carbonyl (C=O) groups is 1. The van der Waals surface area contributed by atoms with Gasteiger partial charge in [0, 0.05) is 0 Å². The van der Waals surface area contributed by atoms with Gasteiger partial charge in [-0.3, -0.25) is 4.79 Å². The summed E-state index contributed by atoms with van der Waals surface area (Å²) in [4.78, 5) is 11.0. The van der Waals surface area contributed by atoms with Crippen molar-refractivity contribution < 1.29 is 22.7 Å². The number of benzene rings is 2. The Labute approximate surface area is 125 Å². The van der Waals surface area contributed by atoms with Crippen molar-refractivity contribution in [3.63, 3.8) is 0 Å². The molecule has 0 radical (unpaired) electrons.